The average molecular weight is 359 g/mol. The average Bonchev–Trinajstić information content (AvgIpc) is 2.99. The predicted molar refractivity (Wildman–Crippen MR) is 90.8 cm³/mol. The van der Waals surface area contributed by atoms with Gasteiger partial charge in [-0.15, -0.1) is 0 Å². The number of hydrogen-bond acceptors (Lipinski definition) is 3. The molecule has 0 saturated carbocycles. The zero-order chi connectivity index (χ0) is 17.0. The van der Waals surface area contributed by atoms with Crippen molar-refractivity contribution in [3.05, 3.63) is 29.3 Å². The van der Waals surface area contributed by atoms with E-state index in [2.05, 4.69) is 4.72 Å². The summed E-state index contributed by atoms with van der Waals surface area (Å²) in [5.41, 5.74) is 0. The van der Waals surface area contributed by atoms with Gasteiger partial charge in [-0.2, -0.15) is 4.72 Å². The molecule has 1 atom stereocenters. The number of hydrogen-bond donors (Lipinski definition) is 1. The van der Waals surface area contributed by atoms with E-state index < -0.39 is 16.1 Å². The van der Waals surface area contributed by atoms with Gasteiger partial charge in [0.25, 0.3) is 0 Å². The summed E-state index contributed by atoms with van der Waals surface area (Å²) in [5.74, 6) is 0.0770. The Balaban J connectivity index is 2.18. The number of likely N-dealkylation sites (tertiary alicyclic amines) is 1. The van der Waals surface area contributed by atoms with E-state index in [1.54, 1.807) is 4.90 Å². The van der Waals surface area contributed by atoms with Crippen LogP contribution in [0.15, 0.2) is 29.2 Å². The molecule has 1 aliphatic heterocycles. The van der Waals surface area contributed by atoms with Gasteiger partial charge in [-0.25, -0.2) is 8.42 Å². The molecule has 0 bridgehead atoms. The fourth-order valence-electron chi connectivity index (χ4n) is 2.70. The van der Waals surface area contributed by atoms with E-state index in [9.17, 15) is 13.2 Å². The molecule has 128 valence electrons. The Hall–Kier alpha value is -1.11. The maximum Gasteiger partial charge on any atom is 0.241 e. The molecule has 0 aromatic heterocycles. The summed E-state index contributed by atoms with van der Waals surface area (Å²) in [7, 11) is -3.75. The quantitative estimate of drug-likeness (QED) is 0.850. The monoisotopic (exact) mass is 358 g/mol. The van der Waals surface area contributed by atoms with Crippen LogP contribution < -0.4 is 4.72 Å². The molecule has 0 radical (unpaired) electrons. The summed E-state index contributed by atoms with van der Waals surface area (Å²) in [6.07, 6.45) is 2.43. The van der Waals surface area contributed by atoms with E-state index in [1.807, 2.05) is 13.8 Å². The molecule has 0 aliphatic carbocycles. The summed E-state index contributed by atoms with van der Waals surface area (Å²) in [4.78, 5) is 14.5. The Bertz CT molecular complexity index is 638. The maximum absolute atomic E-state index is 12.6. The SMILES string of the molecule is CC(C)C[C@@H](NS(=O)(=O)c1ccc(Cl)cc1)C(=O)N1CCCC1. The van der Waals surface area contributed by atoms with Crippen molar-refractivity contribution >= 4 is 27.5 Å². The Labute approximate surface area is 143 Å². The Morgan fingerprint density at radius 2 is 1.78 bits per heavy atom. The van der Waals surface area contributed by atoms with Crippen molar-refractivity contribution in [1.82, 2.24) is 9.62 Å². The first-order chi connectivity index (χ1) is 10.8. The fourth-order valence-corrected chi connectivity index (χ4v) is 4.03. The van der Waals surface area contributed by atoms with E-state index in [4.69, 9.17) is 11.6 Å². The maximum atomic E-state index is 12.6. The highest BCUT2D eigenvalue weighted by molar-refractivity contribution is 7.89. The zero-order valence-corrected chi connectivity index (χ0v) is 15.0. The van der Waals surface area contributed by atoms with Crippen LogP contribution in [0.3, 0.4) is 0 Å². The number of nitrogens with zero attached hydrogens (tertiary/aromatic N) is 1. The lowest BCUT2D eigenvalue weighted by molar-refractivity contribution is -0.132. The molecule has 23 heavy (non-hydrogen) atoms. The van der Waals surface area contributed by atoms with Crippen LogP contribution >= 0.6 is 11.6 Å². The molecule has 2 rings (SSSR count). The molecule has 1 aliphatic rings. The minimum absolute atomic E-state index is 0.116. The van der Waals surface area contributed by atoms with Gasteiger partial charge >= 0.3 is 0 Å². The van der Waals surface area contributed by atoms with Crippen molar-refractivity contribution in [3.63, 3.8) is 0 Å². The van der Waals surface area contributed by atoms with Crippen LogP contribution in [-0.2, 0) is 14.8 Å². The molecule has 1 amide bonds. The summed E-state index contributed by atoms with van der Waals surface area (Å²) in [5, 5.41) is 0.468. The van der Waals surface area contributed by atoms with Gasteiger partial charge in [0.2, 0.25) is 15.9 Å². The van der Waals surface area contributed by atoms with Gasteiger partial charge in [-0.3, -0.25) is 4.79 Å². The third-order valence-electron chi connectivity index (χ3n) is 3.84. The van der Waals surface area contributed by atoms with E-state index in [0.717, 1.165) is 12.8 Å². The minimum Gasteiger partial charge on any atom is -0.341 e. The molecule has 1 N–H and O–H groups in total. The lowest BCUT2D eigenvalue weighted by Gasteiger charge is -2.25. The Morgan fingerprint density at radius 3 is 2.30 bits per heavy atom. The molecule has 5 nitrogen and oxygen atoms in total. The third kappa shape index (κ3) is 4.93. The second-order valence-electron chi connectivity index (χ2n) is 6.29. The third-order valence-corrected chi connectivity index (χ3v) is 5.58. The van der Waals surface area contributed by atoms with Gasteiger partial charge in [0, 0.05) is 18.1 Å². The Morgan fingerprint density at radius 1 is 1.22 bits per heavy atom. The van der Waals surface area contributed by atoms with E-state index in [0.29, 0.717) is 24.5 Å². The highest BCUT2D eigenvalue weighted by Crippen LogP contribution is 2.18. The molecule has 0 spiro atoms. The first-order valence-corrected chi connectivity index (χ1v) is 9.72. The summed E-state index contributed by atoms with van der Waals surface area (Å²) >= 11 is 5.80. The van der Waals surface area contributed by atoms with Crippen molar-refractivity contribution in [2.75, 3.05) is 13.1 Å². The summed E-state index contributed by atoms with van der Waals surface area (Å²) < 4.78 is 27.6. The fraction of sp³-hybridized carbons (Fsp3) is 0.562. The van der Waals surface area contributed by atoms with Crippen molar-refractivity contribution in [2.45, 2.75) is 44.0 Å². The van der Waals surface area contributed by atoms with Gasteiger partial charge in [-0.1, -0.05) is 25.4 Å². The number of sulfonamides is 1. The predicted octanol–water partition coefficient (Wildman–Crippen LogP) is 2.66. The van der Waals surface area contributed by atoms with E-state index in [-0.39, 0.29) is 16.7 Å². The second kappa shape index (κ2) is 7.64. The number of benzene rings is 1. The van der Waals surface area contributed by atoms with Gasteiger partial charge in [0.1, 0.15) is 6.04 Å². The van der Waals surface area contributed by atoms with Crippen LogP contribution in [0.2, 0.25) is 5.02 Å². The number of carbonyl (C=O) groups excluding carboxylic acids is 1. The lowest BCUT2D eigenvalue weighted by atomic mass is 10.0. The smallest absolute Gasteiger partial charge is 0.241 e. The standard InChI is InChI=1S/C16H23ClN2O3S/c1-12(2)11-15(16(20)19-9-3-4-10-19)18-23(21,22)14-7-5-13(17)6-8-14/h5-8,12,15,18H,3-4,9-11H2,1-2H3/t15-/m1/s1. The molecule has 1 heterocycles. The molecule has 1 saturated heterocycles. The molecular weight excluding hydrogens is 336 g/mol. The topological polar surface area (TPSA) is 66.5 Å². The molecule has 0 unspecified atom stereocenters. The number of amides is 1. The Kier molecular flexibility index (Phi) is 6.06. The lowest BCUT2D eigenvalue weighted by Crippen LogP contribution is -2.48. The molecule has 1 fully saturated rings. The first kappa shape index (κ1) is 18.2. The number of rotatable bonds is 6. The largest absolute Gasteiger partial charge is 0.341 e. The van der Waals surface area contributed by atoms with Crippen LogP contribution in [0.1, 0.15) is 33.1 Å². The van der Waals surface area contributed by atoms with E-state index >= 15 is 0 Å². The molecular formula is C16H23ClN2O3S. The van der Waals surface area contributed by atoms with Crippen LogP contribution in [0, 0.1) is 5.92 Å². The van der Waals surface area contributed by atoms with E-state index in [1.165, 1.54) is 24.3 Å². The van der Waals surface area contributed by atoms with Crippen LogP contribution in [-0.4, -0.2) is 38.4 Å². The van der Waals surface area contributed by atoms with Gasteiger partial charge < -0.3 is 4.90 Å². The molecule has 7 heteroatoms. The summed E-state index contributed by atoms with van der Waals surface area (Å²) in [6.45, 7) is 5.36. The minimum atomic E-state index is -3.75. The molecule has 1 aromatic rings. The van der Waals surface area contributed by atoms with Crippen molar-refractivity contribution in [2.24, 2.45) is 5.92 Å². The molecule has 1 aromatic carbocycles. The van der Waals surface area contributed by atoms with Crippen LogP contribution in [0.5, 0.6) is 0 Å². The van der Waals surface area contributed by atoms with Crippen LogP contribution in [0.4, 0.5) is 0 Å². The van der Waals surface area contributed by atoms with Crippen LogP contribution in [0.25, 0.3) is 0 Å². The number of halogens is 1. The summed E-state index contributed by atoms with van der Waals surface area (Å²) in [6, 6.07) is 5.20. The van der Waals surface area contributed by atoms with Gasteiger partial charge in [0.05, 0.1) is 4.90 Å². The highest BCUT2D eigenvalue weighted by Gasteiger charge is 2.31. The zero-order valence-electron chi connectivity index (χ0n) is 13.5. The van der Waals surface area contributed by atoms with Gasteiger partial charge in [0.15, 0.2) is 0 Å². The van der Waals surface area contributed by atoms with Crippen molar-refractivity contribution in [1.29, 1.82) is 0 Å². The van der Waals surface area contributed by atoms with Crippen molar-refractivity contribution in [3.8, 4) is 0 Å². The van der Waals surface area contributed by atoms with Gasteiger partial charge in [-0.05, 0) is 49.4 Å². The normalized spacial score (nSPS) is 16.8. The second-order valence-corrected chi connectivity index (χ2v) is 8.44. The number of nitrogens with one attached hydrogen (secondary N) is 1. The highest BCUT2D eigenvalue weighted by atomic mass is 35.5. The number of carbonyl (C=O) groups is 1. The van der Waals surface area contributed by atoms with Crippen molar-refractivity contribution < 1.29 is 13.2 Å². The first-order valence-electron chi connectivity index (χ1n) is 7.86.